The number of carbonyl (C=O) groups is 1. The molecule has 0 spiro atoms. The minimum atomic E-state index is -0.0551. The second kappa shape index (κ2) is 8.33. The standard InChI is InChI=1S/C19H23N3O3S/c1-4-25-11-5-10-20-18(23)17-13(2)22-12-16(21-19(22)26-17)14-6-8-15(24-3)9-7-14/h6-9,12H,4-5,10-11H2,1-3H3,(H,20,23). The van der Waals surface area contributed by atoms with Gasteiger partial charge >= 0.3 is 0 Å². The van der Waals surface area contributed by atoms with Crippen LogP contribution in [0.25, 0.3) is 16.2 Å². The first-order valence-corrected chi connectivity index (χ1v) is 9.44. The lowest BCUT2D eigenvalue weighted by Crippen LogP contribution is -2.25. The largest absolute Gasteiger partial charge is 0.497 e. The number of aryl methyl sites for hydroxylation is 1. The van der Waals surface area contributed by atoms with Gasteiger partial charge in [0, 0.05) is 37.2 Å². The maximum Gasteiger partial charge on any atom is 0.263 e. The highest BCUT2D eigenvalue weighted by Gasteiger charge is 2.17. The van der Waals surface area contributed by atoms with E-state index in [-0.39, 0.29) is 5.91 Å². The van der Waals surface area contributed by atoms with Crippen molar-refractivity contribution in [1.82, 2.24) is 14.7 Å². The Morgan fingerprint density at radius 1 is 1.31 bits per heavy atom. The number of benzene rings is 1. The van der Waals surface area contributed by atoms with Crippen LogP contribution in [0.5, 0.6) is 5.75 Å². The smallest absolute Gasteiger partial charge is 0.263 e. The molecule has 26 heavy (non-hydrogen) atoms. The molecule has 0 atom stereocenters. The molecule has 3 rings (SSSR count). The predicted molar refractivity (Wildman–Crippen MR) is 103 cm³/mol. The number of nitrogens with zero attached hydrogens (tertiary/aromatic N) is 2. The van der Waals surface area contributed by atoms with E-state index in [9.17, 15) is 4.79 Å². The quantitative estimate of drug-likeness (QED) is 0.614. The summed E-state index contributed by atoms with van der Waals surface area (Å²) in [6.07, 6.45) is 2.78. The summed E-state index contributed by atoms with van der Waals surface area (Å²) in [5.41, 5.74) is 2.80. The fourth-order valence-corrected chi connectivity index (χ4v) is 3.69. The number of amides is 1. The average molecular weight is 373 g/mol. The molecule has 2 heterocycles. The van der Waals surface area contributed by atoms with Gasteiger partial charge in [0.25, 0.3) is 5.91 Å². The number of carbonyl (C=O) groups excluding carboxylic acids is 1. The number of hydrogen-bond donors (Lipinski definition) is 1. The molecule has 1 aromatic carbocycles. The molecule has 0 saturated carbocycles. The van der Waals surface area contributed by atoms with Gasteiger partial charge in [-0.3, -0.25) is 9.20 Å². The first kappa shape index (κ1) is 18.4. The second-order valence-corrected chi connectivity index (χ2v) is 6.81. The van der Waals surface area contributed by atoms with E-state index >= 15 is 0 Å². The van der Waals surface area contributed by atoms with Gasteiger partial charge in [-0.15, -0.1) is 0 Å². The molecule has 6 nitrogen and oxygen atoms in total. The van der Waals surface area contributed by atoms with Crippen LogP contribution in [-0.2, 0) is 4.74 Å². The number of hydrogen-bond acceptors (Lipinski definition) is 5. The summed E-state index contributed by atoms with van der Waals surface area (Å²) >= 11 is 1.41. The number of imidazole rings is 1. The Hall–Kier alpha value is -2.38. The normalized spacial score (nSPS) is 11.0. The fourth-order valence-electron chi connectivity index (χ4n) is 2.66. The molecule has 0 fully saturated rings. The Bertz CT molecular complexity index is 883. The Balaban J connectivity index is 1.73. The molecule has 0 aliphatic carbocycles. The van der Waals surface area contributed by atoms with Crippen molar-refractivity contribution in [2.75, 3.05) is 26.9 Å². The van der Waals surface area contributed by atoms with Crippen molar-refractivity contribution in [3.8, 4) is 17.0 Å². The van der Waals surface area contributed by atoms with Crippen LogP contribution in [-0.4, -0.2) is 42.2 Å². The monoisotopic (exact) mass is 373 g/mol. The van der Waals surface area contributed by atoms with Crippen LogP contribution in [0.1, 0.15) is 28.7 Å². The molecule has 1 amide bonds. The van der Waals surface area contributed by atoms with Gasteiger partial charge in [0.15, 0.2) is 4.96 Å². The minimum absolute atomic E-state index is 0.0551. The maximum absolute atomic E-state index is 12.4. The van der Waals surface area contributed by atoms with E-state index < -0.39 is 0 Å². The van der Waals surface area contributed by atoms with Gasteiger partial charge in [-0.05, 0) is 44.5 Å². The average Bonchev–Trinajstić information content (AvgIpc) is 3.21. The van der Waals surface area contributed by atoms with Crippen molar-refractivity contribution in [3.05, 3.63) is 41.0 Å². The number of rotatable bonds is 8. The van der Waals surface area contributed by atoms with Gasteiger partial charge in [-0.25, -0.2) is 4.98 Å². The highest BCUT2D eigenvalue weighted by atomic mass is 32.1. The SMILES string of the molecule is CCOCCCNC(=O)c1sc2nc(-c3ccc(OC)cc3)cn2c1C. The molecule has 0 aliphatic heterocycles. The Morgan fingerprint density at radius 3 is 2.73 bits per heavy atom. The van der Waals surface area contributed by atoms with Crippen molar-refractivity contribution in [2.45, 2.75) is 20.3 Å². The molecule has 0 bridgehead atoms. The first-order valence-electron chi connectivity index (χ1n) is 8.63. The Kier molecular flexibility index (Phi) is 5.90. The van der Waals surface area contributed by atoms with Crippen molar-refractivity contribution in [2.24, 2.45) is 0 Å². The molecular weight excluding hydrogens is 350 g/mol. The van der Waals surface area contributed by atoms with E-state index in [2.05, 4.69) is 10.3 Å². The van der Waals surface area contributed by atoms with E-state index in [4.69, 9.17) is 9.47 Å². The Morgan fingerprint density at radius 2 is 2.08 bits per heavy atom. The lowest BCUT2D eigenvalue weighted by Gasteiger charge is -2.04. The minimum Gasteiger partial charge on any atom is -0.497 e. The van der Waals surface area contributed by atoms with Gasteiger partial charge in [-0.1, -0.05) is 11.3 Å². The molecular formula is C19H23N3O3S. The molecule has 7 heteroatoms. The third-order valence-electron chi connectivity index (χ3n) is 4.10. The molecule has 0 aliphatic rings. The van der Waals surface area contributed by atoms with Crippen LogP contribution in [0.3, 0.4) is 0 Å². The summed E-state index contributed by atoms with van der Waals surface area (Å²) < 4.78 is 12.4. The van der Waals surface area contributed by atoms with Gasteiger partial charge < -0.3 is 14.8 Å². The highest BCUT2D eigenvalue weighted by Crippen LogP contribution is 2.28. The van der Waals surface area contributed by atoms with Crippen LogP contribution >= 0.6 is 11.3 Å². The number of thiazole rings is 1. The molecule has 0 saturated heterocycles. The summed E-state index contributed by atoms with van der Waals surface area (Å²) in [5, 5.41) is 2.94. The number of fused-ring (bicyclic) bond motifs is 1. The van der Waals surface area contributed by atoms with Crippen molar-refractivity contribution in [3.63, 3.8) is 0 Å². The molecule has 138 valence electrons. The third kappa shape index (κ3) is 3.89. The van der Waals surface area contributed by atoms with E-state index in [1.54, 1.807) is 7.11 Å². The van der Waals surface area contributed by atoms with Crippen LogP contribution in [0.4, 0.5) is 0 Å². The number of aromatic nitrogens is 2. The van der Waals surface area contributed by atoms with Gasteiger partial charge in [-0.2, -0.15) is 0 Å². The summed E-state index contributed by atoms with van der Waals surface area (Å²) in [7, 11) is 1.65. The predicted octanol–water partition coefficient (Wildman–Crippen LogP) is 3.54. The zero-order valence-corrected chi connectivity index (χ0v) is 16.1. The fraction of sp³-hybridized carbons (Fsp3) is 0.368. The summed E-state index contributed by atoms with van der Waals surface area (Å²) in [5.74, 6) is 0.759. The Labute approximate surface area is 156 Å². The molecule has 0 radical (unpaired) electrons. The van der Waals surface area contributed by atoms with Gasteiger partial charge in [0.2, 0.25) is 0 Å². The summed E-state index contributed by atoms with van der Waals surface area (Å²) in [6.45, 7) is 5.87. The van der Waals surface area contributed by atoms with Crippen LogP contribution in [0.2, 0.25) is 0 Å². The lowest BCUT2D eigenvalue weighted by molar-refractivity contribution is 0.0947. The maximum atomic E-state index is 12.4. The molecule has 1 N–H and O–H groups in total. The third-order valence-corrected chi connectivity index (χ3v) is 5.26. The van der Waals surface area contributed by atoms with Crippen molar-refractivity contribution < 1.29 is 14.3 Å². The van der Waals surface area contributed by atoms with Crippen LogP contribution in [0, 0.1) is 6.92 Å². The van der Waals surface area contributed by atoms with Crippen LogP contribution < -0.4 is 10.1 Å². The molecule has 2 aromatic heterocycles. The highest BCUT2D eigenvalue weighted by molar-refractivity contribution is 7.19. The van der Waals surface area contributed by atoms with E-state index in [0.29, 0.717) is 24.6 Å². The molecule has 3 aromatic rings. The second-order valence-electron chi connectivity index (χ2n) is 5.83. The molecule has 0 unspecified atom stereocenters. The van der Waals surface area contributed by atoms with E-state index in [1.165, 1.54) is 11.3 Å². The number of ether oxygens (including phenoxy) is 2. The van der Waals surface area contributed by atoms with Gasteiger partial charge in [0.05, 0.1) is 12.8 Å². The van der Waals surface area contributed by atoms with Crippen molar-refractivity contribution in [1.29, 1.82) is 0 Å². The van der Waals surface area contributed by atoms with Crippen LogP contribution in [0.15, 0.2) is 30.5 Å². The zero-order chi connectivity index (χ0) is 18.5. The number of nitrogens with one attached hydrogen (secondary N) is 1. The van der Waals surface area contributed by atoms with E-state index in [0.717, 1.165) is 34.1 Å². The van der Waals surface area contributed by atoms with Crippen molar-refractivity contribution >= 4 is 22.2 Å². The zero-order valence-electron chi connectivity index (χ0n) is 15.2. The number of methoxy groups -OCH3 is 1. The first-order chi connectivity index (χ1) is 12.6. The van der Waals surface area contributed by atoms with Gasteiger partial charge in [0.1, 0.15) is 10.6 Å². The lowest BCUT2D eigenvalue weighted by atomic mass is 10.2. The summed E-state index contributed by atoms with van der Waals surface area (Å²) in [6, 6.07) is 7.78. The van der Waals surface area contributed by atoms with E-state index in [1.807, 2.05) is 48.7 Å². The summed E-state index contributed by atoms with van der Waals surface area (Å²) in [4.78, 5) is 18.6. The topological polar surface area (TPSA) is 64.9 Å².